The molecular formula is C4H14Ca2O14. The summed E-state index contributed by atoms with van der Waals surface area (Å²) in [6.45, 7) is 0.361. The van der Waals surface area contributed by atoms with Gasteiger partial charge >= 0.3 is 94.6 Å². The first-order chi connectivity index (χ1) is 6.66. The minimum Gasteiger partial charge on any atom is -0.870 e. The maximum absolute atomic E-state index is 8.70. The van der Waals surface area contributed by atoms with Gasteiger partial charge in [-0.3, -0.25) is 9.59 Å². The smallest absolute Gasteiger partial charge is 0.870 e. The van der Waals surface area contributed by atoms with Crippen LogP contribution < -0.4 is 0 Å². The Bertz CT molecular complexity index is 148. The third-order valence-electron chi connectivity index (χ3n) is 0.0861. The van der Waals surface area contributed by atoms with Crippen LogP contribution in [0.25, 0.3) is 0 Å². The van der Waals surface area contributed by atoms with E-state index in [1.807, 2.05) is 0 Å². The number of aliphatic hydroxyl groups excluding tert-OH is 1. The molecule has 0 atom stereocenters. The van der Waals surface area contributed by atoms with Crippen molar-refractivity contribution in [2.75, 3.05) is 0 Å². The molecule has 0 aliphatic carbocycles. The van der Waals surface area contributed by atoms with Gasteiger partial charge < -0.3 is 41.6 Å². The fourth-order valence-corrected chi connectivity index (χ4v) is 0. The molecule has 0 fully saturated rings. The summed E-state index contributed by atoms with van der Waals surface area (Å²) in [5, 5.41) is 20.8. The summed E-state index contributed by atoms with van der Waals surface area (Å²) in [6.07, 6.45) is 0.250. The van der Waals surface area contributed by atoms with Crippen LogP contribution >= 0.6 is 0 Å². The average molecular weight is 366 g/mol. The first-order valence-electron chi connectivity index (χ1n) is 2.14. The Kier molecular flexibility index (Phi) is 608. The van der Waals surface area contributed by atoms with Crippen molar-refractivity contribution in [3.05, 3.63) is 0 Å². The second-order valence-electron chi connectivity index (χ2n) is 0.578. The van der Waals surface area contributed by atoms with Gasteiger partial charge in [0.25, 0.3) is 0 Å². The van der Waals surface area contributed by atoms with E-state index in [-0.39, 0.29) is 119 Å². The van der Waals surface area contributed by atoms with E-state index in [1.165, 1.54) is 0 Å². The molecule has 16 heteroatoms. The molecule has 0 spiro atoms. The molecule has 0 unspecified atom stereocenters. The fraction of sp³-hybridized carbons (Fsp3) is 0. The summed E-state index contributed by atoms with van der Waals surface area (Å²) in [5.74, 6) is 0. The molecule has 0 aromatic heterocycles. The molecular weight excluding hydrogens is 352 g/mol. The second kappa shape index (κ2) is 169. The van der Waals surface area contributed by atoms with Crippen molar-refractivity contribution in [1.82, 2.24) is 0 Å². The molecule has 20 heavy (non-hydrogen) atoms. The van der Waals surface area contributed by atoms with E-state index in [1.54, 1.807) is 0 Å². The Hall–Kier alpha value is 0.0695. The molecule has 0 aromatic carbocycles. The number of hydrogen-bond acceptors (Lipinski definition) is 12. The van der Waals surface area contributed by atoms with Crippen molar-refractivity contribution >= 4 is 101 Å². The predicted octanol–water partition coefficient (Wildman–Crippen LogP) is -3.33. The van der Waals surface area contributed by atoms with Gasteiger partial charge in [-0.2, -0.15) is 9.59 Å². The van der Waals surface area contributed by atoms with Crippen LogP contribution in [0.5, 0.6) is 0 Å². The van der Waals surface area contributed by atoms with E-state index in [0.717, 1.165) is 0 Å². The van der Waals surface area contributed by atoms with Crippen molar-refractivity contribution < 1.29 is 74.1 Å². The standard InChI is InChI=1S/2CH2O3.CHO2.CO2.2Ca.4H2O.2H2/c2*2-1-4-3;2*2-1-3;;;;;;;;/h2*1,3H;(H,2,3);;;;4*1H2;2*1H/q;;-1;;2*+2;;;;;;/p-3. The molecule has 0 bridgehead atoms. The summed E-state index contributed by atoms with van der Waals surface area (Å²) < 4.78 is 0. The Labute approximate surface area is 173 Å². The van der Waals surface area contributed by atoms with Gasteiger partial charge in [0, 0.05) is 2.85 Å². The van der Waals surface area contributed by atoms with Crippen LogP contribution in [0.4, 0.5) is 0 Å². The van der Waals surface area contributed by atoms with Gasteiger partial charge in [0.15, 0.2) is 0 Å². The van der Waals surface area contributed by atoms with E-state index in [0.29, 0.717) is 6.47 Å². The summed E-state index contributed by atoms with van der Waals surface area (Å²) >= 11 is 0. The van der Waals surface area contributed by atoms with E-state index in [2.05, 4.69) is 9.78 Å². The van der Waals surface area contributed by atoms with Gasteiger partial charge in [-0.05, 0) is 0 Å². The van der Waals surface area contributed by atoms with E-state index < -0.39 is 0 Å². The number of carbonyl (C=O) groups excluding carboxylic acids is 4. The average Bonchev–Trinajstić information content (AvgIpc) is 2.20. The monoisotopic (exact) mass is 366 g/mol. The van der Waals surface area contributed by atoms with Crippen molar-refractivity contribution in [3.63, 3.8) is 0 Å². The SMILES string of the molecule is O.O=C=O.O=COO.O=COO.O=[C-]O.[Ca+2].[Ca+2].[HH].[HH].[OH-].[OH-].[OH-]. The number of carbonyl (C=O) groups is 2. The zero-order chi connectivity index (χ0) is 12.2. The van der Waals surface area contributed by atoms with Crippen LogP contribution in [0, 0.1) is 0 Å². The van der Waals surface area contributed by atoms with Gasteiger partial charge in [0.1, 0.15) is 0 Å². The van der Waals surface area contributed by atoms with Gasteiger partial charge in [-0.25, -0.2) is 10.5 Å². The van der Waals surface area contributed by atoms with Gasteiger partial charge in [0.2, 0.25) is 0 Å². The zero-order valence-electron chi connectivity index (χ0n) is 9.61. The third-order valence-corrected chi connectivity index (χ3v) is 0.0861. The van der Waals surface area contributed by atoms with Crippen LogP contribution in [0.15, 0.2) is 0 Å². The fourth-order valence-electron chi connectivity index (χ4n) is 0. The maximum Gasteiger partial charge on any atom is 2.00 e. The molecule has 8 N–H and O–H groups in total. The van der Waals surface area contributed by atoms with Crippen LogP contribution in [0.3, 0.4) is 0 Å². The topological polar surface area (TPSA) is 286 Å². The Morgan fingerprint density at radius 1 is 0.950 bits per heavy atom. The molecule has 0 heterocycles. The van der Waals surface area contributed by atoms with Gasteiger partial charge in [-0.15, -0.1) is 0 Å². The summed E-state index contributed by atoms with van der Waals surface area (Å²) in [6, 6.07) is 0. The van der Waals surface area contributed by atoms with Crippen molar-refractivity contribution in [1.29, 1.82) is 0 Å². The Morgan fingerprint density at radius 3 is 1.00 bits per heavy atom. The largest absolute Gasteiger partial charge is 2.00 e. The molecule has 0 saturated heterocycles. The summed E-state index contributed by atoms with van der Waals surface area (Å²) in [7, 11) is 0. The first-order valence-corrected chi connectivity index (χ1v) is 2.14. The summed E-state index contributed by atoms with van der Waals surface area (Å²) in [5.41, 5.74) is 0. The van der Waals surface area contributed by atoms with Crippen molar-refractivity contribution in [2.24, 2.45) is 0 Å². The molecule has 118 valence electrons. The molecule has 0 rings (SSSR count). The Balaban J connectivity index is -0.00000000544. The van der Waals surface area contributed by atoms with Gasteiger partial charge in [-0.1, -0.05) is 6.47 Å². The number of hydrogen-bond donors (Lipinski definition) is 3. The third kappa shape index (κ3) is 1230. The van der Waals surface area contributed by atoms with Crippen molar-refractivity contribution in [3.8, 4) is 0 Å². The number of rotatable bonds is 2. The van der Waals surface area contributed by atoms with E-state index >= 15 is 0 Å². The van der Waals surface area contributed by atoms with Crippen LogP contribution in [0.2, 0.25) is 0 Å². The molecule has 0 radical (unpaired) electrons. The molecule has 14 nitrogen and oxygen atoms in total. The minimum atomic E-state index is -0.0694. The maximum atomic E-state index is 8.70. The second-order valence-corrected chi connectivity index (χ2v) is 0.578. The minimum absolute atomic E-state index is 0. The normalized spacial score (nSPS) is 3.10. The molecule has 0 saturated carbocycles. The van der Waals surface area contributed by atoms with E-state index in [9.17, 15) is 0 Å². The van der Waals surface area contributed by atoms with Crippen LogP contribution in [-0.2, 0) is 33.7 Å². The predicted molar refractivity (Wildman–Crippen MR) is 58.0 cm³/mol. The van der Waals surface area contributed by atoms with E-state index in [4.69, 9.17) is 39.6 Å². The molecule has 0 amide bonds. The van der Waals surface area contributed by atoms with Crippen molar-refractivity contribution in [2.45, 2.75) is 0 Å². The van der Waals surface area contributed by atoms with Crippen LogP contribution in [0.1, 0.15) is 2.85 Å². The Morgan fingerprint density at radius 2 is 1.00 bits per heavy atom. The molecule has 0 aliphatic heterocycles. The first kappa shape index (κ1) is 72.0. The quantitative estimate of drug-likeness (QED) is 0.142. The molecule has 0 aliphatic rings. The summed E-state index contributed by atoms with van der Waals surface area (Å²) in [4.78, 5) is 47.6. The van der Waals surface area contributed by atoms with Gasteiger partial charge in [0.05, 0.1) is 0 Å². The van der Waals surface area contributed by atoms with Crippen LogP contribution in [-0.4, -0.2) is 139 Å². The molecule has 0 aromatic rings. The zero-order valence-corrected chi connectivity index (χ0v) is 14.0.